The predicted molar refractivity (Wildman–Crippen MR) is 66.1 cm³/mol. The molecule has 1 amide bonds. The second-order valence-corrected chi connectivity index (χ2v) is 4.02. The van der Waals surface area contributed by atoms with Gasteiger partial charge in [-0.3, -0.25) is 9.48 Å². The van der Waals surface area contributed by atoms with Gasteiger partial charge in [-0.05, 0) is 20.3 Å². The highest BCUT2D eigenvalue weighted by atomic mass is 16.5. The molecule has 6 heteroatoms. The molecule has 1 rings (SSSR count). The molecular weight excluding hydrogens is 234 g/mol. The standard InChI is InChI=1S/C12H19N3O3/c1-4-9(3)14-11(16)8-15-7-10(6-13-15)12(17)18-5-2/h6-7,9H,4-5,8H2,1-3H3,(H,14,16). The lowest BCUT2D eigenvalue weighted by Crippen LogP contribution is -2.34. The molecule has 1 aromatic rings. The van der Waals surface area contributed by atoms with Gasteiger partial charge in [-0.15, -0.1) is 0 Å². The van der Waals surface area contributed by atoms with Crippen LogP contribution in [0.25, 0.3) is 0 Å². The van der Waals surface area contributed by atoms with Gasteiger partial charge < -0.3 is 10.1 Å². The van der Waals surface area contributed by atoms with E-state index in [1.165, 1.54) is 17.1 Å². The van der Waals surface area contributed by atoms with E-state index in [1.807, 2.05) is 13.8 Å². The van der Waals surface area contributed by atoms with Crippen molar-refractivity contribution in [2.75, 3.05) is 6.61 Å². The summed E-state index contributed by atoms with van der Waals surface area (Å²) in [5.74, 6) is -0.547. The summed E-state index contributed by atoms with van der Waals surface area (Å²) < 4.78 is 6.26. The van der Waals surface area contributed by atoms with Gasteiger partial charge in [0.15, 0.2) is 0 Å². The summed E-state index contributed by atoms with van der Waals surface area (Å²) in [6, 6.07) is 0.137. The van der Waals surface area contributed by atoms with Crippen LogP contribution in [0.2, 0.25) is 0 Å². The molecule has 0 aromatic carbocycles. The molecule has 0 spiro atoms. The van der Waals surface area contributed by atoms with Gasteiger partial charge in [-0.1, -0.05) is 6.92 Å². The maximum Gasteiger partial charge on any atom is 0.341 e. The molecule has 0 radical (unpaired) electrons. The van der Waals surface area contributed by atoms with Crippen molar-refractivity contribution in [3.63, 3.8) is 0 Å². The van der Waals surface area contributed by atoms with E-state index in [0.717, 1.165) is 6.42 Å². The first-order valence-electron chi connectivity index (χ1n) is 6.05. The Balaban J connectivity index is 2.53. The fourth-order valence-corrected chi connectivity index (χ4v) is 1.34. The SMILES string of the molecule is CCOC(=O)c1cnn(CC(=O)NC(C)CC)c1. The summed E-state index contributed by atoms with van der Waals surface area (Å²) in [4.78, 5) is 23.0. The first-order valence-corrected chi connectivity index (χ1v) is 6.05. The third kappa shape index (κ3) is 4.20. The number of nitrogens with one attached hydrogen (secondary N) is 1. The number of amides is 1. The zero-order valence-electron chi connectivity index (χ0n) is 11.0. The normalized spacial score (nSPS) is 11.9. The van der Waals surface area contributed by atoms with Crippen LogP contribution in [0.15, 0.2) is 12.4 Å². The van der Waals surface area contributed by atoms with Crippen LogP contribution in [0.3, 0.4) is 0 Å². The van der Waals surface area contributed by atoms with E-state index in [-0.39, 0.29) is 18.5 Å². The van der Waals surface area contributed by atoms with Gasteiger partial charge in [-0.25, -0.2) is 4.79 Å². The zero-order chi connectivity index (χ0) is 13.5. The number of hydrogen-bond donors (Lipinski definition) is 1. The van der Waals surface area contributed by atoms with Gasteiger partial charge >= 0.3 is 5.97 Å². The van der Waals surface area contributed by atoms with E-state index in [4.69, 9.17) is 4.74 Å². The third-order valence-electron chi connectivity index (χ3n) is 2.47. The average molecular weight is 253 g/mol. The van der Waals surface area contributed by atoms with Gasteiger partial charge in [0.2, 0.25) is 5.91 Å². The Morgan fingerprint density at radius 3 is 2.83 bits per heavy atom. The molecule has 0 aliphatic rings. The monoisotopic (exact) mass is 253 g/mol. The van der Waals surface area contributed by atoms with E-state index in [2.05, 4.69) is 10.4 Å². The lowest BCUT2D eigenvalue weighted by atomic mass is 10.2. The Morgan fingerprint density at radius 2 is 2.22 bits per heavy atom. The molecule has 1 heterocycles. The quantitative estimate of drug-likeness (QED) is 0.767. The van der Waals surface area contributed by atoms with Crippen LogP contribution in [0.4, 0.5) is 0 Å². The van der Waals surface area contributed by atoms with Crippen LogP contribution in [0.5, 0.6) is 0 Å². The highest BCUT2D eigenvalue weighted by Gasteiger charge is 2.11. The van der Waals surface area contributed by atoms with Crippen LogP contribution in [-0.2, 0) is 16.1 Å². The lowest BCUT2D eigenvalue weighted by molar-refractivity contribution is -0.122. The Kier molecular flexibility index (Phi) is 5.35. The number of nitrogens with zero attached hydrogens (tertiary/aromatic N) is 2. The number of hydrogen-bond acceptors (Lipinski definition) is 4. The summed E-state index contributed by atoms with van der Waals surface area (Å²) in [6.07, 6.45) is 3.78. The number of esters is 1. The molecule has 0 aliphatic carbocycles. The molecule has 1 N–H and O–H groups in total. The number of carbonyl (C=O) groups excluding carboxylic acids is 2. The maximum absolute atomic E-state index is 11.6. The van der Waals surface area contributed by atoms with Gasteiger partial charge in [0, 0.05) is 12.2 Å². The molecule has 18 heavy (non-hydrogen) atoms. The molecule has 1 atom stereocenters. The molecule has 100 valence electrons. The molecule has 6 nitrogen and oxygen atoms in total. The predicted octanol–water partition coefficient (Wildman–Crippen LogP) is 0.974. The minimum atomic E-state index is -0.425. The number of rotatable bonds is 6. The van der Waals surface area contributed by atoms with E-state index >= 15 is 0 Å². The minimum absolute atomic E-state index is 0.101. The van der Waals surface area contributed by atoms with E-state index in [9.17, 15) is 9.59 Å². The van der Waals surface area contributed by atoms with Crippen LogP contribution < -0.4 is 5.32 Å². The second-order valence-electron chi connectivity index (χ2n) is 4.02. The molecule has 1 aromatic heterocycles. The Hall–Kier alpha value is -1.85. The summed E-state index contributed by atoms with van der Waals surface area (Å²) >= 11 is 0. The minimum Gasteiger partial charge on any atom is -0.462 e. The van der Waals surface area contributed by atoms with Crippen molar-refractivity contribution in [1.29, 1.82) is 0 Å². The van der Waals surface area contributed by atoms with Crippen LogP contribution in [0.1, 0.15) is 37.6 Å². The molecule has 0 saturated heterocycles. The van der Waals surface area contributed by atoms with Gasteiger partial charge in [0.1, 0.15) is 6.54 Å². The Labute approximate surface area is 106 Å². The molecule has 1 unspecified atom stereocenters. The maximum atomic E-state index is 11.6. The number of carbonyl (C=O) groups is 2. The molecule has 0 fully saturated rings. The van der Waals surface area contributed by atoms with Crippen molar-refractivity contribution >= 4 is 11.9 Å². The van der Waals surface area contributed by atoms with Gasteiger partial charge in [0.25, 0.3) is 0 Å². The van der Waals surface area contributed by atoms with Crippen molar-refractivity contribution in [3.05, 3.63) is 18.0 Å². The van der Waals surface area contributed by atoms with Crippen molar-refractivity contribution in [1.82, 2.24) is 15.1 Å². The second kappa shape index (κ2) is 6.78. The molecular formula is C12H19N3O3. The van der Waals surface area contributed by atoms with E-state index in [1.54, 1.807) is 6.92 Å². The topological polar surface area (TPSA) is 73.2 Å². The first kappa shape index (κ1) is 14.2. The lowest BCUT2D eigenvalue weighted by Gasteiger charge is -2.10. The largest absolute Gasteiger partial charge is 0.462 e. The summed E-state index contributed by atoms with van der Waals surface area (Å²) in [5, 5.41) is 6.77. The highest BCUT2D eigenvalue weighted by molar-refractivity contribution is 5.88. The first-order chi connectivity index (χ1) is 8.56. The Morgan fingerprint density at radius 1 is 1.50 bits per heavy atom. The molecule has 0 bridgehead atoms. The van der Waals surface area contributed by atoms with Crippen LogP contribution >= 0.6 is 0 Å². The summed E-state index contributed by atoms with van der Waals surface area (Å²) in [6.45, 7) is 6.09. The fourth-order valence-electron chi connectivity index (χ4n) is 1.34. The average Bonchev–Trinajstić information content (AvgIpc) is 2.77. The highest BCUT2D eigenvalue weighted by Crippen LogP contribution is 2.00. The van der Waals surface area contributed by atoms with Crippen molar-refractivity contribution in [2.24, 2.45) is 0 Å². The summed E-state index contributed by atoms with van der Waals surface area (Å²) in [5.41, 5.74) is 0.355. The van der Waals surface area contributed by atoms with Crippen molar-refractivity contribution in [2.45, 2.75) is 39.8 Å². The summed E-state index contributed by atoms with van der Waals surface area (Å²) in [7, 11) is 0. The van der Waals surface area contributed by atoms with Crippen LogP contribution in [0, 0.1) is 0 Å². The smallest absolute Gasteiger partial charge is 0.341 e. The number of aromatic nitrogens is 2. The van der Waals surface area contributed by atoms with Crippen molar-refractivity contribution in [3.8, 4) is 0 Å². The van der Waals surface area contributed by atoms with E-state index in [0.29, 0.717) is 12.2 Å². The van der Waals surface area contributed by atoms with Gasteiger partial charge in [0.05, 0.1) is 18.4 Å². The zero-order valence-corrected chi connectivity index (χ0v) is 11.0. The molecule has 0 aliphatic heterocycles. The van der Waals surface area contributed by atoms with E-state index < -0.39 is 5.97 Å². The van der Waals surface area contributed by atoms with Crippen LogP contribution in [-0.4, -0.2) is 34.3 Å². The van der Waals surface area contributed by atoms with Crippen molar-refractivity contribution < 1.29 is 14.3 Å². The third-order valence-corrected chi connectivity index (χ3v) is 2.47. The fraction of sp³-hybridized carbons (Fsp3) is 0.583. The number of ether oxygens (including phenoxy) is 1. The molecule has 0 saturated carbocycles. The Bertz CT molecular complexity index is 414. The van der Waals surface area contributed by atoms with Gasteiger partial charge in [-0.2, -0.15) is 5.10 Å².